The van der Waals surface area contributed by atoms with Crippen LogP contribution in [0.1, 0.15) is 10.4 Å². The Labute approximate surface area is 145 Å². The summed E-state index contributed by atoms with van der Waals surface area (Å²) in [7, 11) is 0. The summed E-state index contributed by atoms with van der Waals surface area (Å²) in [6, 6.07) is 10.2. The minimum atomic E-state index is -1.06. The number of hydrogen-bond donors (Lipinski definition) is 1. The smallest absolute Gasteiger partial charge is 0.255 e. The Morgan fingerprint density at radius 2 is 1.96 bits per heavy atom. The van der Waals surface area contributed by atoms with Gasteiger partial charge in [0, 0.05) is 28.9 Å². The van der Waals surface area contributed by atoms with Crippen LogP contribution in [0.15, 0.2) is 60.2 Å². The fourth-order valence-electron chi connectivity index (χ4n) is 2.50. The lowest BCUT2D eigenvalue weighted by Crippen LogP contribution is -2.13. The first-order valence-corrected chi connectivity index (χ1v) is 8.28. The number of benzene rings is 2. The highest BCUT2D eigenvalue weighted by Crippen LogP contribution is 2.28. The molecule has 0 aliphatic rings. The minimum Gasteiger partial charge on any atom is -0.321 e. The van der Waals surface area contributed by atoms with E-state index in [0.29, 0.717) is 11.4 Å². The highest BCUT2D eigenvalue weighted by molar-refractivity contribution is 7.15. The topological polar surface area (TPSA) is 46.4 Å². The van der Waals surface area contributed by atoms with E-state index in [1.807, 2.05) is 34.3 Å². The van der Waals surface area contributed by atoms with Crippen LogP contribution in [0.5, 0.6) is 0 Å². The van der Waals surface area contributed by atoms with E-state index in [1.54, 1.807) is 12.1 Å². The Morgan fingerprint density at radius 1 is 1.12 bits per heavy atom. The van der Waals surface area contributed by atoms with Gasteiger partial charge in [-0.2, -0.15) is 0 Å². The molecule has 2 aromatic carbocycles. The Morgan fingerprint density at radius 3 is 2.76 bits per heavy atom. The Bertz CT molecular complexity index is 1060. The molecule has 0 aliphatic carbocycles. The number of nitrogens with one attached hydrogen (secondary N) is 1. The van der Waals surface area contributed by atoms with Crippen molar-refractivity contribution in [3.8, 4) is 11.3 Å². The maximum absolute atomic E-state index is 13.3. The number of anilines is 1. The molecule has 0 fully saturated rings. The molecule has 0 saturated heterocycles. The number of rotatable bonds is 3. The van der Waals surface area contributed by atoms with Crippen LogP contribution in [-0.2, 0) is 0 Å². The van der Waals surface area contributed by atoms with Gasteiger partial charge >= 0.3 is 0 Å². The third-order valence-corrected chi connectivity index (χ3v) is 4.50. The molecule has 0 radical (unpaired) electrons. The van der Waals surface area contributed by atoms with Crippen LogP contribution in [0.2, 0.25) is 0 Å². The molecule has 0 bridgehead atoms. The Hall–Kier alpha value is -3.06. The Balaban J connectivity index is 1.68. The van der Waals surface area contributed by atoms with E-state index in [1.165, 1.54) is 17.4 Å². The maximum atomic E-state index is 13.3. The molecule has 124 valence electrons. The fourth-order valence-corrected chi connectivity index (χ4v) is 3.20. The lowest BCUT2D eigenvalue weighted by Gasteiger charge is -2.09. The molecule has 1 N–H and O–H groups in total. The lowest BCUT2D eigenvalue weighted by molar-refractivity contribution is 0.102. The van der Waals surface area contributed by atoms with E-state index in [0.717, 1.165) is 22.7 Å². The second kappa shape index (κ2) is 6.10. The van der Waals surface area contributed by atoms with Crippen LogP contribution >= 0.6 is 11.3 Å². The van der Waals surface area contributed by atoms with Crippen molar-refractivity contribution in [3.05, 3.63) is 77.4 Å². The quantitative estimate of drug-likeness (QED) is 0.584. The molecular weight excluding hydrogens is 344 g/mol. The van der Waals surface area contributed by atoms with Gasteiger partial charge in [-0.15, -0.1) is 11.3 Å². The molecule has 4 rings (SSSR count). The van der Waals surface area contributed by atoms with Crippen molar-refractivity contribution in [1.29, 1.82) is 0 Å². The number of imidazole rings is 1. The summed E-state index contributed by atoms with van der Waals surface area (Å²) in [6.07, 6.45) is 3.77. The first-order valence-electron chi connectivity index (χ1n) is 7.40. The number of carbonyl (C=O) groups is 1. The van der Waals surface area contributed by atoms with Crippen LogP contribution in [0.25, 0.3) is 16.2 Å². The molecule has 0 spiro atoms. The summed E-state index contributed by atoms with van der Waals surface area (Å²) >= 11 is 1.51. The van der Waals surface area contributed by atoms with Gasteiger partial charge in [-0.3, -0.25) is 9.20 Å². The van der Waals surface area contributed by atoms with Crippen molar-refractivity contribution in [2.45, 2.75) is 0 Å². The summed E-state index contributed by atoms with van der Waals surface area (Å²) in [6.45, 7) is 0. The van der Waals surface area contributed by atoms with Crippen molar-refractivity contribution < 1.29 is 13.6 Å². The molecule has 0 aliphatic heterocycles. The summed E-state index contributed by atoms with van der Waals surface area (Å²) in [5, 5.41) is 4.67. The SMILES string of the molecule is O=C(Nc1ccccc1-c1cn2ccsc2n1)c1ccc(F)c(F)c1. The number of thiazole rings is 1. The number of fused-ring (bicyclic) bond motifs is 1. The minimum absolute atomic E-state index is 0.0412. The molecule has 0 atom stereocenters. The number of nitrogens with zero attached hydrogens (tertiary/aromatic N) is 2. The molecule has 0 unspecified atom stereocenters. The van der Waals surface area contributed by atoms with Gasteiger partial charge in [0.1, 0.15) is 0 Å². The van der Waals surface area contributed by atoms with Gasteiger partial charge in [0.2, 0.25) is 0 Å². The first-order chi connectivity index (χ1) is 12.1. The van der Waals surface area contributed by atoms with Gasteiger partial charge in [-0.1, -0.05) is 18.2 Å². The normalized spacial score (nSPS) is 11.0. The third kappa shape index (κ3) is 2.89. The van der Waals surface area contributed by atoms with Crippen LogP contribution in [0.3, 0.4) is 0 Å². The molecule has 25 heavy (non-hydrogen) atoms. The number of carbonyl (C=O) groups excluding carboxylic acids is 1. The predicted octanol–water partition coefficient (Wildman–Crippen LogP) is 4.59. The Kier molecular flexibility index (Phi) is 3.77. The molecule has 4 aromatic rings. The van der Waals surface area contributed by atoms with Crippen molar-refractivity contribution >= 4 is 27.9 Å². The number of halogens is 2. The second-order valence-corrected chi connectivity index (χ2v) is 6.22. The van der Waals surface area contributed by atoms with Gasteiger partial charge in [-0.25, -0.2) is 13.8 Å². The molecule has 4 nitrogen and oxygen atoms in total. The zero-order valence-electron chi connectivity index (χ0n) is 12.7. The van der Waals surface area contributed by atoms with E-state index in [9.17, 15) is 13.6 Å². The highest BCUT2D eigenvalue weighted by atomic mass is 32.1. The van der Waals surface area contributed by atoms with Gasteiger partial charge in [0.05, 0.1) is 11.4 Å². The first kappa shape index (κ1) is 15.5. The summed E-state index contributed by atoms with van der Waals surface area (Å²) < 4.78 is 28.3. The van der Waals surface area contributed by atoms with Gasteiger partial charge in [0.25, 0.3) is 5.91 Å². The summed E-state index contributed by atoms with van der Waals surface area (Å²) in [5.74, 6) is -2.57. The number of amides is 1. The zero-order chi connectivity index (χ0) is 17.4. The van der Waals surface area contributed by atoms with Gasteiger partial charge < -0.3 is 5.32 Å². The van der Waals surface area contributed by atoms with E-state index < -0.39 is 17.5 Å². The number of para-hydroxylation sites is 1. The van der Waals surface area contributed by atoms with Crippen LogP contribution in [0.4, 0.5) is 14.5 Å². The van der Waals surface area contributed by atoms with Crippen molar-refractivity contribution in [2.24, 2.45) is 0 Å². The van der Waals surface area contributed by atoms with E-state index in [2.05, 4.69) is 10.3 Å². The van der Waals surface area contributed by atoms with Crippen molar-refractivity contribution in [3.63, 3.8) is 0 Å². The average Bonchev–Trinajstić information content (AvgIpc) is 3.19. The van der Waals surface area contributed by atoms with E-state index >= 15 is 0 Å². The van der Waals surface area contributed by atoms with Crippen molar-refractivity contribution in [2.75, 3.05) is 5.32 Å². The largest absolute Gasteiger partial charge is 0.321 e. The van der Waals surface area contributed by atoms with Crippen LogP contribution in [-0.4, -0.2) is 15.3 Å². The van der Waals surface area contributed by atoms with Crippen LogP contribution < -0.4 is 5.32 Å². The average molecular weight is 355 g/mol. The van der Waals surface area contributed by atoms with E-state index in [4.69, 9.17) is 0 Å². The summed E-state index contributed by atoms with van der Waals surface area (Å²) in [4.78, 5) is 17.7. The van der Waals surface area contributed by atoms with E-state index in [-0.39, 0.29) is 5.56 Å². The lowest BCUT2D eigenvalue weighted by atomic mass is 10.1. The molecule has 0 saturated carbocycles. The highest BCUT2D eigenvalue weighted by Gasteiger charge is 2.14. The second-order valence-electron chi connectivity index (χ2n) is 5.35. The standard InChI is InChI=1S/C18H11F2N3OS/c19-13-6-5-11(9-14(13)20)17(24)21-15-4-2-1-3-12(15)16-10-23-7-8-25-18(23)22-16/h1-10H,(H,21,24). The zero-order valence-corrected chi connectivity index (χ0v) is 13.6. The molecule has 1 amide bonds. The van der Waals surface area contributed by atoms with Gasteiger partial charge in [-0.05, 0) is 24.3 Å². The van der Waals surface area contributed by atoms with Gasteiger partial charge in [0.15, 0.2) is 16.6 Å². The molecule has 7 heteroatoms. The monoisotopic (exact) mass is 355 g/mol. The fraction of sp³-hybridized carbons (Fsp3) is 0. The molecular formula is C18H11F2N3OS. The third-order valence-electron chi connectivity index (χ3n) is 3.73. The van der Waals surface area contributed by atoms with Crippen molar-refractivity contribution in [1.82, 2.24) is 9.38 Å². The molecule has 2 heterocycles. The molecule has 2 aromatic heterocycles. The summed E-state index contributed by atoms with van der Waals surface area (Å²) in [5.41, 5.74) is 2.05. The maximum Gasteiger partial charge on any atom is 0.255 e. The number of hydrogen-bond acceptors (Lipinski definition) is 3. The number of aromatic nitrogens is 2. The predicted molar refractivity (Wildman–Crippen MR) is 92.8 cm³/mol. The van der Waals surface area contributed by atoms with Crippen LogP contribution in [0, 0.1) is 11.6 Å².